The van der Waals surface area contributed by atoms with Crippen molar-refractivity contribution in [2.75, 3.05) is 6.54 Å². The highest BCUT2D eigenvalue weighted by Crippen LogP contribution is 2.06. The average Bonchev–Trinajstić information content (AvgIpc) is 3.04. The Labute approximate surface area is 116 Å². The number of hydrogen-bond acceptors (Lipinski definition) is 3. The van der Waals surface area contributed by atoms with E-state index in [4.69, 9.17) is 0 Å². The summed E-state index contributed by atoms with van der Waals surface area (Å²) in [5, 5.41) is 7.68. The Morgan fingerprint density at radius 2 is 2.37 bits per heavy atom. The molecule has 2 N–H and O–H groups in total. The maximum absolute atomic E-state index is 11.5. The molecule has 102 valence electrons. The van der Waals surface area contributed by atoms with E-state index in [2.05, 4.69) is 20.2 Å². The quantitative estimate of drug-likeness (QED) is 0.795. The molecular weight excluding hydrogens is 260 g/mol. The lowest BCUT2D eigenvalue weighted by Crippen LogP contribution is -2.35. The molecule has 0 aliphatic carbocycles. The third kappa shape index (κ3) is 4.40. The van der Waals surface area contributed by atoms with Gasteiger partial charge in [0.1, 0.15) is 5.82 Å². The van der Waals surface area contributed by atoms with Crippen LogP contribution in [0.25, 0.3) is 0 Å². The minimum Gasteiger partial charge on any atom is -0.338 e. The summed E-state index contributed by atoms with van der Waals surface area (Å²) in [6.07, 6.45) is 4.63. The van der Waals surface area contributed by atoms with Crippen molar-refractivity contribution in [1.29, 1.82) is 0 Å². The van der Waals surface area contributed by atoms with Crippen molar-refractivity contribution in [2.45, 2.75) is 26.4 Å². The van der Waals surface area contributed by atoms with Gasteiger partial charge in [-0.05, 0) is 24.8 Å². The largest absolute Gasteiger partial charge is 0.338 e. The third-order valence-corrected chi connectivity index (χ3v) is 3.66. The fraction of sp³-hybridized carbons (Fsp3) is 0.385. The minimum atomic E-state index is -0.115. The van der Waals surface area contributed by atoms with Gasteiger partial charge in [-0.25, -0.2) is 9.78 Å². The molecule has 0 atom stereocenters. The van der Waals surface area contributed by atoms with E-state index in [1.54, 1.807) is 17.5 Å². The monoisotopic (exact) mass is 278 g/mol. The van der Waals surface area contributed by atoms with Crippen LogP contribution in [0.1, 0.15) is 17.1 Å². The van der Waals surface area contributed by atoms with Crippen LogP contribution in [0.15, 0.2) is 29.9 Å². The zero-order valence-electron chi connectivity index (χ0n) is 10.9. The van der Waals surface area contributed by atoms with Gasteiger partial charge in [-0.1, -0.05) is 6.07 Å². The number of urea groups is 1. The number of thiophene rings is 1. The normalized spacial score (nSPS) is 10.4. The predicted octanol–water partition coefficient (Wildman–Crippen LogP) is 2.14. The van der Waals surface area contributed by atoms with Crippen LogP contribution in [0.2, 0.25) is 0 Å². The molecule has 2 heterocycles. The molecule has 2 aromatic heterocycles. The summed E-state index contributed by atoms with van der Waals surface area (Å²) in [5.74, 6) is 1.00. The summed E-state index contributed by atoms with van der Waals surface area (Å²) in [6.45, 7) is 4.09. The van der Waals surface area contributed by atoms with Gasteiger partial charge in [0.05, 0.1) is 6.54 Å². The maximum Gasteiger partial charge on any atom is 0.315 e. The van der Waals surface area contributed by atoms with Gasteiger partial charge < -0.3 is 15.2 Å². The van der Waals surface area contributed by atoms with Crippen molar-refractivity contribution < 1.29 is 4.79 Å². The number of aryl methyl sites for hydroxylation is 2. The molecule has 2 amide bonds. The van der Waals surface area contributed by atoms with Crippen LogP contribution in [0, 0.1) is 6.92 Å². The minimum absolute atomic E-state index is 0.115. The van der Waals surface area contributed by atoms with Gasteiger partial charge in [0.2, 0.25) is 0 Å². The number of carbonyl (C=O) groups is 1. The second kappa shape index (κ2) is 6.94. The molecule has 19 heavy (non-hydrogen) atoms. The number of rotatable bonds is 6. The van der Waals surface area contributed by atoms with E-state index >= 15 is 0 Å². The Balaban J connectivity index is 1.58. The van der Waals surface area contributed by atoms with Gasteiger partial charge in [0, 0.05) is 30.4 Å². The van der Waals surface area contributed by atoms with E-state index in [1.165, 1.54) is 0 Å². The maximum atomic E-state index is 11.5. The summed E-state index contributed by atoms with van der Waals surface area (Å²) in [6, 6.07) is 3.87. The summed E-state index contributed by atoms with van der Waals surface area (Å²) in [7, 11) is 0. The fourth-order valence-corrected chi connectivity index (χ4v) is 2.38. The number of nitrogens with zero attached hydrogens (tertiary/aromatic N) is 2. The number of amides is 2. The number of hydrogen-bond donors (Lipinski definition) is 2. The fourth-order valence-electron chi connectivity index (χ4n) is 1.73. The van der Waals surface area contributed by atoms with Gasteiger partial charge in [-0.3, -0.25) is 0 Å². The molecule has 0 spiro atoms. The number of carbonyl (C=O) groups excluding carboxylic acids is 1. The smallest absolute Gasteiger partial charge is 0.315 e. The molecular formula is C13H18N4OS. The molecule has 0 saturated carbocycles. The zero-order chi connectivity index (χ0) is 13.5. The predicted molar refractivity (Wildman–Crippen MR) is 76.1 cm³/mol. The second-order valence-corrected chi connectivity index (χ2v) is 5.24. The average molecular weight is 278 g/mol. The van der Waals surface area contributed by atoms with Crippen LogP contribution in [-0.4, -0.2) is 22.1 Å². The highest BCUT2D eigenvalue weighted by atomic mass is 32.1. The van der Waals surface area contributed by atoms with Crippen molar-refractivity contribution in [3.05, 3.63) is 40.6 Å². The Morgan fingerprint density at radius 1 is 1.47 bits per heavy atom. The molecule has 0 saturated heterocycles. The standard InChI is InChI=1S/C13H18N4OS/c1-11-14-6-8-17(11)7-3-5-15-13(18)16-10-12-4-2-9-19-12/h2,4,6,8-9H,3,5,7,10H2,1H3,(H2,15,16,18). The first kappa shape index (κ1) is 13.6. The van der Waals surface area contributed by atoms with E-state index in [1.807, 2.05) is 30.6 Å². The molecule has 2 rings (SSSR count). The summed E-state index contributed by atoms with van der Waals surface area (Å²) in [5.41, 5.74) is 0. The highest BCUT2D eigenvalue weighted by molar-refractivity contribution is 7.09. The number of imidazole rings is 1. The summed E-state index contributed by atoms with van der Waals surface area (Å²) < 4.78 is 2.07. The molecule has 0 unspecified atom stereocenters. The Hall–Kier alpha value is -1.82. The van der Waals surface area contributed by atoms with E-state index in [0.29, 0.717) is 13.1 Å². The molecule has 5 nitrogen and oxygen atoms in total. The van der Waals surface area contributed by atoms with Crippen molar-refractivity contribution in [3.63, 3.8) is 0 Å². The SMILES string of the molecule is Cc1nccn1CCCNC(=O)NCc1cccs1. The van der Waals surface area contributed by atoms with E-state index < -0.39 is 0 Å². The van der Waals surface area contributed by atoms with E-state index in [9.17, 15) is 4.79 Å². The summed E-state index contributed by atoms with van der Waals surface area (Å²) >= 11 is 1.64. The second-order valence-electron chi connectivity index (χ2n) is 4.21. The van der Waals surface area contributed by atoms with Crippen LogP contribution in [-0.2, 0) is 13.1 Å². The van der Waals surface area contributed by atoms with E-state index in [-0.39, 0.29) is 6.03 Å². The summed E-state index contributed by atoms with van der Waals surface area (Å²) in [4.78, 5) is 16.8. The Morgan fingerprint density at radius 3 is 3.05 bits per heavy atom. The first-order valence-corrected chi connectivity index (χ1v) is 7.15. The van der Waals surface area contributed by atoms with Gasteiger partial charge >= 0.3 is 6.03 Å². The van der Waals surface area contributed by atoms with Crippen molar-refractivity contribution in [1.82, 2.24) is 20.2 Å². The Bertz CT molecular complexity index is 506. The lowest BCUT2D eigenvalue weighted by Gasteiger charge is -2.08. The zero-order valence-corrected chi connectivity index (χ0v) is 11.7. The molecule has 6 heteroatoms. The molecule has 0 aromatic carbocycles. The molecule has 0 radical (unpaired) electrons. The first-order valence-electron chi connectivity index (χ1n) is 6.27. The lowest BCUT2D eigenvalue weighted by molar-refractivity contribution is 0.240. The molecule has 0 bridgehead atoms. The van der Waals surface area contributed by atoms with Crippen LogP contribution in [0.4, 0.5) is 4.79 Å². The van der Waals surface area contributed by atoms with E-state index in [0.717, 1.165) is 23.7 Å². The van der Waals surface area contributed by atoms with Crippen LogP contribution in [0.5, 0.6) is 0 Å². The first-order chi connectivity index (χ1) is 9.25. The van der Waals surface area contributed by atoms with Crippen molar-refractivity contribution in [2.24, 2.45) is 0 Å². The van der Waals surface area contributed by atoms with Crippen molar-refractivity contribution in [3.8, 4) is 0 Å². The van der Waals surface area contributed by atoms with Gasteiger partial charge in [-0.2, -0.15) is 0 Å². The highest BCUT2D eigenvalue weighted by Gasteiger charge is 2.01. The molecule has 0 aliphatic rings. The number of aromatic nitrogens is 2. The Kier molecular flexibility index (Phi) is 4.97. The molecule has 2 aromatic rings. The van der Waals surface area contributed by atoms with Crippen molar-refractivity contribution >= 4 is 17.4 Å². The van der Waals surface area contributed by atoms with Gasteiger partial charge in [0.15, 0.2) is 0 Å². The topological polar surface area (TPSA) is 59.0 Å². The lowest BCUT2D eigenvalue weighted by atomic mass is 10.4. The van der Waals surface area contributed by atoms with Crippen LogP contribution < -0.4 is 10.6 Å². The molecule has 0 fully saturated rings. The number of nitrogens with one attached hydrogen (secondary N) is 2. The van der Waals surface area contributed by atoms with Gasteiger partial charge in [-0.15, -0.1) is 11.3 Å². The van der Waals surface area contributed by atoms with Crippen LogP contribution >= 0.6 is 11.3 Å². The van der Waals surface area contributed by atoms with Crippen LogP contribution in [0.3, 0.4) is 0 Å². The molecule has 0 aliphatic heterocycles. The third-order valence-electron chi connectivity index (χ3n) is 2.79. The van der Waals surface area contributed by atoms with Gasteiger partial charge in [0.25, 0.3) is 0 Å².